The molecule has 0 spiro atoms. The minimum Gasteiger partial charge on any atom is -0.380 e. The van der Waals surface area contributed by atoms with E-state index >= 15 is 0 Å². The Morgan fingerprint density at radius 1 is 1.43 bits per heavy atom. The van der Waals surface area contributed by atoms with Crippen molar-refractivity contribution in [2.45, 2.75) is 39.7 Å². The van der Waals surface area contributed by atoms with Crippen LogP contribution in [0.3, 0.4) is 0 Å². The number of benzene rings is 1. The van der Waals surface area contributed by atoms with Gasteiger partial charge in [-0.2, -0.15) is 0 Å². The monoisotopic (exact) mass is 291 g/mol. The molecule has 1 heterocycles. The Morgan fingerprint density at radius 2 is 2.24 bits per heavy atom. The molecule has 0 radical (unpaired) electrons. The van der Waals surface area contributed by atoms with Gasteiger partial charge in [0.15, 0.2) is 0 Å². The van der Waals surface area contributed by atoms with Crippen molar-refractivity contribution in [3.05, 3.63) is 33.9 Å². The molecule has 0 amide bonds. The third-order valence-electron chi connectivity index (χ3n) is 4.10. The summed E-state index contributed by atoms with van der Waals surface area (Å²) in [5, 5.41) is 14.1. The number of rotatable bonds is 7. The predicted octanol–water partition coefficient (Wildman–Crippen LogP) is 3.65. The summed E-state index contributed by atoms with van der Waals surface area (Å²) in [7, 11) is 0. The van der Waals surface area contributed by atoms with Crippen molar-refractivity contribution in [3.63, 3.8) is 0 Å². The zero-order valence-corrected chi connectivity index (χ0v) is 13.0. The zero-order chi connectivity index (χ0) is 15.2. The van der Waals surface area contributed by atoms with Gasteiger partial charge in [-0.1, -0.05) is 19.4 Å². The zero-order valence-electron chi connectivity index (χ0n) is 13.0. The summed E-state index contributed by atoms with van der Waals surface area (Å²) in [6.45, 7) is 8.05. The summed E-state index contributed by atoms with van der Waals surface area (Å²) < 4.78 is 0. The summed E-state index contributed by atoms with van der Waals surface area (Å²) in [5.41, 5.74) is 1.93. The highest BCUT2D eigenvalue weighted by molar-refractivity contribution is 5.62. The molecular formula is C16H25N3O2. The van der Waals surface area contributed by atoms with Gasteiger partial charge >= 0.3 is 0 Å². The number of likely N-dealkylation sites (tertiary alicyclic amines) is 1. The third-order valence-corrected chi connectivity index (χ3v) is 4.10. The molecular weight excluding hydrogens is 266 g/mol. The van der Waals surface area contributed by atoms with E-state index in [0.29, 0.717) is 12.2 Å². The Balaban J connectivity index is 2.04. The SMILES string of the molecule is CCCC1CCN(Cc2ccc([N+](=O)[O-])c(NCC)c2)C1. The second-order valence-corrected chi connectivity index (χ2v) is 5.82. The molecule has 1 N–H and O–H groups in total. The Morgan fingerprint density at radius 3 is 2.90 bits per heavy atom. The number of hydrogen-bond acceptors (Lipinski definition) is 4. The normalized spacial score (nSPS) is 18.9. The average Bonchev–Trinajstić information content (AvgIpc) is 2.87. The van der Waals surface area contributed by atoms with Gasteiger partial charge in [-0.05, 0) is 43.9 Å². The van der Waals surface area contributed by atoms with Crippen molar-refractivity contribution >= 4 is 11.4 Å². The molecule has 1 aliphatic heterocycles. The van der Waals surface area contributed by atoms with Gasteiger partial charge in [0.05, 0.1) is 4.92 Å². The summed E-state index contributed by atoms with van der Waals surface area (Å²) in [6, 6.07) is 5.42. The van der Waals surface area contributed by atoms with E-state index in [9.17, 15) is 10.1 Å². The number of nitro groups is 1. The predicted molar refractivity (Wildman–Crippen MR) is 85.6 cm³/mol. The Hall–Kier alpha value is -1.62. The van der Waals surface area contributed by atoms with Crippen LogP contribution in [0.4, 0.5) is 11.4 Å². The van der Waals surface area contributed by atoms with Gasteiger partial charge in [0.25, 0.3) is 5.69 Å². The maximum Gasteiger partial charge on any atom is 0.292 e. The van der Waals surface area contributed by atoms with Crippen LogP contribution in [-0.4, -0.2) is 29.5 Å². The van der Waals surface area contributed by atoms with Crippen LogP contribution >= 0.6 is 0 Å². The molecule has 2 rings (SSSR count). The summed E-state index contributed by atoms with van der Waals surface area (Å²) in [4.78, 5) is 13.2. The smallest absolute Gasteiger partial charge is 0.292 e. The number of nitrogens with zero attached hydrogens (tertiary/aromatic N) is 2. The Bertz CT molecular complexity index is 490. The highest BCUT2D eigenvalue weighted by atomic mass is 16.6. The number of hydrogen-bond donors (Lipinski definition) is 1. The Kier molecular flexibility index (Phi) is 5.56. The van der Waals surface area contributed by atoms with Crippen molar-refractivity contribution < 1.29 is 4.92 Å². The molecule has 1 aromatic carbocycles. The van der Waals surface area contributed by atoms with Gasteiger partial charge in [0.2, 0.25) is 0 Å². The molecule has 0 aromatic heterocycles. The van der Waals surface area contributed by atoms with E-state index in [0.717, 1.165) is 31.1 Å². The lowest BCUT2D eigenvalue weighted by Crippen LogP contribution is -2.20. The van der Waals surface area contributed by atoms with Gasteiger partial charge < -0.3 is 5.32 Å². The average molecular weight is 291 g/mol. The molecule has 1 fully saturated rings. The van der Waals surface area contributed by atoms with Crippen LogP contribution in [0, 0.1) is 16.0 Å². The largest absolute Gasteiger partial charge is 0.380 e. The van der Waals surface area contributed by atoms with Crippen molar-refractivity contribution in [2.24, 2.45) is 5.92 Å². The molecule has 1 atom stereocenters. The fourth-order valence-corrected chi connectivity index (χ4v) is 3.13. The van der Waals surface area contributed by atoms with Crippen LogP contribution in [0.1, 0.15) is 38.7 Å². The van der Waals surface area contributed by atoms with E-state index in [4.69, 9.17) is 0 Å². The van der Waals surface area contributed by atoms with Crippen LogP contribution < -0.4 is 5.32 Å². The second kappa shape index (κ2) is 7.41. The first-order valence-electron chi connectivity index (χ1n) is 7.87. The quantitative estimate of drug-likeness (QED) is 0.615. The number of nitro benzene ring substituents is 1. The third kappa shape index (κ3) is 4.17. The maximum atomic E-state index is 11.0. The van der Waals surface area contributed by atoms with Crippen LogP contribution in [-0.2, 0) is 6.54 Å². The Labute approximate surface area is 126 Å². The minimum atomic E-state index is -0.324. The molecule has 5 nitrogen and oxygen atoms in total. The van der Waals surface area contributed by atoms with Crippen LogP contribution in [0.5, 0.6) is 0 Å². The fraction of sp³-hybridized carbons (Fsp3) is 0.625. The molecule has 0 saturated carbocycles. The fourth-order valence-electron chi connectivity index (χ4n) is 3.13. The lowest BCUT2D eigenvalue weighted by molar-refractivity contribution is -0.384. The summed E-state index contributed by atoms with van der Waals surface area (Å²) in [6.07, 6.45) is 3.83. The van der Waals surface area contributed by atoms with Crippen LogP contribution in [0.2, 0.25) is 0 Å². The first-order valence-corrected chi connectivity index (χ1v) is 7.87. The van der Waals surface area contributed by atoms with E-state index < -0.39 is 0 Å². The van der Waals surface area contributed by atoms with Crippen molar-refractivity contribution in [2.75, 3.05) is 25.0 Å². The second-order valence-electron chi connectivity index (χ2n) is 5.82. The molecule has 5 heteroatoms. The van der Waals surface area contributed by atoms with Gasteiger partial charge in [-0.3, -0.25) is 15.0 Å². The van der Waals surface area contributed by atoms with E-state index in [1.54, 1.807) is 6.07 Å². The molecule has 21 heavy (non-hydrogen) atoms. The molecule has 0 bridgehead atoms. The number of anilines is 1. The van der Waals surface area contributed by atoms with E-state index in [1.165, 1.54) is 19.3 Å². The molecule has 1 unspecified atom stereocenters. The van der Waals surface area contributed by atoms with Crippen molar-refractivity contribution in [3.8, 4) is 0 Å². The van der Waals surface area contributed by atoms with Gasteiger partial charge in [-0.25, -0.2) is 0 Å². The van der Waals surface area contributed by atoms with Gasteiger partial charge in [0.1, 0.15) is 5.69 Å². The van der Waals surface area contributed by atoms with E-state index in [-0.39, 0.29) is 10.6 Å². The summed E-state index contributed by atoms with van der Waals surface area (Å²) >= 11 is 0. The molecule has 116 valence electrons. The highest BCUT2D eigenvalue weighted by Crippen LogP contribution is 2.27. The van der Waals surface area contributed by atoms with Crippen LogP contribution in [0.15, 0.2) is 18.2 Å². The molecule has 1 aliphatic rings. The van der Waals surface area contributed by atoms with Gasteiger partial charge in [-0.15, -0.1) is 0 Å². The lowest BCUT2D eigenvalue weighted by atomic mass is 10.0. The molecule has 1 aromatic rings. The van der Waals surface area contributed by atoms with Gasteiger partial charge in [0, 0.05) is 25.7 Å². The van der Waals surface area contributed by atoms with Crippen molar-refractivity contribution in [1.82, 2.24) is 4.90 Å². The van der Waals surface area contributed by atoms with Crippen LogP contribution in [0.25, 0.3) is 0 Å². The lowest BCUT2D eigenvalue weighted by Gasteiger charge is -2.16. The summed E-state index contributed by atoms with van der Waals surface area (Å²) in [5.74, 6) is 0.821. The number of nitrogens with one attached hydrogen (secondary N) is 1. The highest BCUT2D eigenvalue weighted by Gasteiger charge is 2.22. The van der Waals surface area contributed by atoms with E-state index in [1.807, 2.05) is 19.1 Å². The first-order chi connectivity index (χ1) is 10.1. The standard InChI is InChI=1S/C16H25N3O2/c1-3-5-13-8-9-18(11-13)12-14-6-7-16(19(20)21)15(10-14)17-4-2/h6-7,10,13,17H,3-5,8-9,11-12H2,1-2H3. The molecule has 0 aliphatic carbocycles. The van der Waals surface area contributed by atoms with E-state index in [2.05, 4.69) is 17.1 Å². The molecule has 1 saturated heterocycles. The first kappa shape index (κ1) is 15.8. The van der Waals surface area contributed by atoms with Crippen molar-refractivity contribution in [1.29, 1.82) is 0 Å². The minimum absolute atomic E-state index is 0.158. The maximum absolute atomic E-state index is 11.0. The topological polar surface area (TPSA) is 58.4 Å².